The highest BCUT2D eigenvalue weighted by molar-refractivity contribution is 5.76. The summed E-state index contributed by atoms with van der Waals surface area (Å²) < 4.78 is 49.6. The van der Waals surface area contributed by atoms with Crippen LogP contribution < -0.4 is 4.90 Å². The molecule has 4 rings (SSSR count). The largest absolute Gasteiger partial charge is 0.417 e. The summed E-state index contributed by atoms with van der Waals surface area (Å²) in [6.45, 7) is 4.13. The highest BCUT2D eigenvalue weighted by Crippen LogP contribution is 2.33. The number of pyridine rings is 1. The van der Waals surface area contributed by atoms with Crippen molar-refractivity contribution in [2.75, 3.05) is 31.1 Å². The highest BCUT2D eigenvalue weighted by atomic mass is 19.4. The SMILES string of the molecule is Cc1cc(CN2CC3(CCN(c4ccc(C(F)(F)F)cn4)CC3)OCCC2=O)on1. The van der Waals surface area contributed by atoms with Crippen LogP contribution in [-0.4, -0.2) is 52.8 Å². The first kappa shape index (κ1) is 20.6. The Hall–Kier alpha value is -2.62. The fourth-order valence-corrected chi connectivity index (χ4v) is 4.00. The summed E-state index contributed by atoms with van der Waals surface area (Å²) in [5.41, 5.74) is -0.483. The Bertz CT molecular complexity index is 889. The Morgan fingerprint density at radius 3 is 2.60 bits per heavy atom. The molecule has 2 aliphatic heterocycles. The summed E-state index contributed by atoms with van der Waals surface area (Å²) in [7, 11) is 0. The number of nitrogens with zero attached hydrogens (tertiary/aromatic N) is 4. The molecule has 0 saturated carbocycles. The highest BCUT2D eigenvalue weighted by Gasteiger charge is 2.41. The Morgan fingerprint density at radius 1 is 1.23 bits per heavy atom. The van der Waals surface area contributed by atoms with Gasteiger partial charge in [0.1, 0.15) is 5.82 Å². The van der Waals surface area contributed by atoms with Crippen LogP contribution in [0, 0.1) is 6.92 Å². The first-order chi connectivity index (χ1) is 14.2. The van der Waals surface area contributed by atoms with Crippen LogP contribution in [0.4, 0.5) is 19.0 Å². The number of halogens is 3. The van der Waals surface area contributed by atoms with Gasteiger partial charge in [0.2, 0.25) is 5.91 Å². The number of rotatable bonds is 3. The van der Waals surface area contributed by atoms with Crippen molar-refractivity contribution in [3.63, 3.8) is 0 Å². The van der Waals surface area contributed by atoms with Crippen molar-refractivity contribution >= 4 is 11.7 Å². The van der Waals surface area contributed by atoms with Crippen molar-refractivity contribution in [1.29, 1.82) is 0 Å². The van der Waals surface area contributed by atoms with E-state index in [1.807, 2.05) is 17.9 Å². The van der Waals surface area contributed by atoms with Gasteiger partial charge in [0.05, 0.1) is 43.0 Å². The first-order valence-corrected chi connectivity index (χ1v) is 9.86. The summed E-state index contributed by atoms with van der Waals surface area (Å²) in [5, 5.41) is 3.87. The molecule has 162 valence electrons. The molecule has 30 heavy (non-hydrogen) atoms. The molecular weight excluding hydrogens is 401 g/mol. The number of ether oxygens (including phenoxy) is 1. The van der Waals surface area contributed by atoms with Gasteiger partial charge in [0.15, 0.2) is 5.76 Å². The summed E-state index contributed by atoms with van der Waals surface area (Å²) in [6, 6.07) is 4.26. The molecule has 0 unspecified atom stereocenters. The molecule has 0 radical (unpaired) electrons. The number of aryl methyl sites for hydroxylation is 1. The second-order valence-corrected chi connectivity index (χ2v) is 7.86. The molecule has 0 atom stereocenters. The lowest BCUT2D eigenvalue weighted by Crippen LogP contribution is -2.52. The van der Waals surface area contributed by atoms with Gasteiger partial charge in [-0.3, -0.25) is 4.79 Å². The number of anilines is 1. The van der Waals surface area contributed by atoms with Crippen molar-refractivity contribution in [3.05, 3.63) is 41.4 Å². The van der Waals surface area contributed by atoms with Crippen LogP contribution in [0.25, 0.3) is 0 Å². The minimum absolute atomic E-state index is 0.00719. The van der Waals surface area contributed by atoms with E-state index >= 15 is 0 Å². The maximum atomic E-state index is 12.8. The number of amides is 1. The van der Waals surface area contributed by atoms with Gasteiger partial charge in [-0.05, 0) is 31.9 Å². The fourth-order valence-electron chi connectivity index (χ4n) is 4.00. The molecule has 7 nitrogen and oxygen atoms in total. The quantitative estimate of drug-likeness (QED) is 0.754. The summed E-state index contributed by atoms with van der Waals surface area (Å²) in [6.07, 6.45) is -1.94. The molecule has 0 N–H and O–H groups in total. The van der Waals surface area contributed by atoms with E-state index in [9.17, 15) is 18.0 Å². The van der Waals surface area contributed by atoms with E-state index < -0.39 is 17.3 Å². The lowest BCUT2D eigenvalue weighted by atomic mass is 9.90. The number of piperidine rings is 1. The third kappa shape index (κ3) is 4.43. The monoisotopic (exact) mass is 424 g/mol. The van der Waals surface area contributed by atoms with Crippen molar-refractivity contribution < 1.29 is 27.2 Å². The standard InChI is InChI=1S/C20H23F3N4O3/c1-14-10-16(30-25-14)12-27-13-19(29-9-4-18(27)28)5-7-26(8-6-19)17-3-2-15(11-24-17)20(21,22)23/h2-3,10-11H,4-9,12-13H2,1H3. The van der Waals surface area contributed by atoms with Gasteiger partial charge < -0.3 is 19.1 Å². The second-order valence-electron chi connectivity index (χ2n) is 7.86. The molecular formula is C20H23F3N4O3. The molecule has 2 aromatic rings. The van der Waals surface area contributed by atoms with Crippen LogP contribution in [-0.2, 0) is 22.3 Å². The number of alkyl halides is 3. The molecule has 2 fully saturated rings. The molecule has 2 aliphatic rings. The molecule has 4 heterocycles. The van der Waals surface area contributed by atoms with Crippen LogP contribution in [0.5, 0.6) is 0 Å². The number of carbonyl (C=O) groups excluding carboxylic acids is 1. The normalized spacial score (nSPS) is 19.9. The average molecular weight is 424 g/mol. The molecule has 1 spiro atoms. The molecule has 2 saturated heterocycles. The van der Waals surface area contributed by atoms with Crippen molar-refractivity contribution in [3.8, 4) is 0 Å². The smallest absolute Gasteiger partial charge is 0.372 e. The van der Waals surface area contributed by atoms with Crippen LogP contribution in [0.15, 0.2) is 28.9 Å². The Balaban J connectivity index is 1.42. The van der Waals surface area contributed by atoms with E-state index in [4.69, 9.17) is 9.26 Å². The lowest BCUT2D eigenvalue weighted by molar-refractivity contribution is -0.137. The number of aromatic nitrogens is 2. The maximum absolute atomic E-state index is 12.8. The van der Waals surface area contributed by atoms with Gasteiger partial charge in [0.25, 0.3) is 0 Å². The number of hydrogen-bond acceptors (Lipinski definition) is 6. The van der Waals surface area contributed by atoms with Crippen LogP contribution >= 0.6 is 0 Å². The van der Waals surface area contributed by atoms with E-state index in [1.54, 1.807) is 4.90 Å². The number of hydrogen-bond donors (Lipinski definition) is 0. The summed E-state index contributed by atoms with van der Waals surface area (Å²) >= 11 is 0. The zero-order valence-electron chi connectivity index (χ0n) is 16.6. The van der Waals surface area contributed by atoms with E-state index in [2.05, 4.69) is 10.1 Å². The third-order valence-electron chi connectivity index (χ3n) is 5.65. The molecule has 1 amide bonds. The van der Waals surface area contributed by atoms with Gasteiger partial charge in [-0.2, -0.15) is 13.2 Å². The Labute approximate surface area is 171 Å². The zero-order chi connectivity index (χ0) is 21.4. The second kappa shape index (κ2) is 7.90. The fraction of sp³-hybridized carbons (Fsp3) is 0.550. The molecule has 0 aliphatic carbocycles. The summed E-state index contributed by atoms with van der Waals surface area (Å²) in [5.74, 6) is 1.15. The van der Waals surface area contributed by atoms with Crippen LogP contribution in [0.2, 0.25) is 0 Å². The Morgan fingerprint density at radius 2 is 2.00 bits per heavy atom. The van der Waals surface area contributed by atoms with Crippen LogP contribution in [0.3, 0.4) is 0 Å². The van der Waals surface area contributed by atoms with Gasteiger partial charge in [-0.25, -0.2) is 4.98 Å². The summed E-state index contributed by atoms with van der Waals surface area (Å²) in [4.78, 5) is 20.2. The van der Waals surface area contributed by atoms with Gasteiger partial charge in [-0.15, -0.1) is 0 Å². The molecule has 10 heteroatoms. The lowest BCUT2D eigenvalue weighted by Gasteiger charge is -2.42. The topological polar surface area (TPSA) is 71.7 Å². The maximum Gasteiger partial charge on any atom is 0.417 e. The van der Waals surface area contributed by atoms with E-state index in [0.29, 0.717) is 63.6 Å². The van der Waals surface area contributed by atoms with Crippen molar-refractivity contribution in [2.24, 2.45) is 0 Å². The van der Waals surface area contributed by atoms with Gasteiger partial charge in [-0.1, -0.05) is 5.16 Å². The number of carbonyl (C=O) groups is 1. The van der Waals surface area contributed by atoms with E-state index in [1.165, 1.54) is 6.07 Å². The van der Waals surface area contributed by atoms with E-state index in [-0.39, 0.29) is 5.91 Å². The average Bonchev–Trinajstić information content (AvgIpc) is 3.05. The molecule has 0 aromatic carbocycles. The molecule has 0 bridgehead atoms. The molecule has 2 aromatic heterocycles. The zero-order valence-corrected chi connectivity index (χ0v) is 16.6. The van der Waals surface area contributed by atoms with Gasteiger partial charge in [0, 0.05) is 25.4 Å². The van der Waals surface area contributed by atoms with E-state index in [0.717, 1.165) is 18.0 Å². The third-order valence-corrected chi connectivity index (χ3v) is 5.65. The minimum Gasteiger partial charge on any atom is -0.372 e. The van der Waals surface area contributed by atoms with Crippen molar-refractivity contribution in [1.82, 2.24) is 15.0 Å². The van der Waals surface area contributed by atoms with Crippen molar-refractivity contribution in [2.45, 2.75) is 44.5 Å². The first-order valence-electron chi connectivity index (χ1n) is 9.86. The predicted octanol–water partition coefficient (Wildman–Crippen LogP) is 3.18. The van der Waals surface area contributed by atoms with Crippen LogP contribution in [0.1, 0.15) is 36.3 Å². The predicted molar refractivity (Wildman–Crippen MR) is 101 cm³/mol. The Kier molecular flexibility index (Phi) is 5.44. The minimum atomic E-state index is -4.40. The van der Waals surface area contributed by atoms with Gasteiger partial charge >= 0.3 is 6.18 Å².